The first-order chi connectivity index (χ1) is 6.52. The van der Waals surface area contributed by atoms with E-state index in [0.29, 0.717) is 0 Å². The molecule has 0 fully saturated rings. The SMILES string of the molecule is O=c1oc2c(=O)c(=O)c(=O)c2oc1=O. The van der Waals surface area contributed by atoms with Crippen LogP contribution >= 0.6 is 0 Å². The molecular weight excluding hydrogens is 196 g/mol. The lowest BCUT2D eigenvalue weighted by Gasteiger charge is -1.81. The normalized spacial score (nSPS) is 10.9. The van der Waals surface area contributed by atoms with Crippen LogP contribution in [0.5, 0.6) is 0 Å². The van der Waals surface area contributed by atoms with Crippen LogP contribution in [0.25, 0.3) is 11.2 Å². The third-order valence-corrected chi connectivity index (χ3v) is 1.59. The minimum atomic E-state index is -1.43. The van der Waals surface area contributed by atoms with E-state index in [0.717, 1.165) is 0 Å². The predicted molar refractivity (Wildman–Crippen MR) is 42.2 cm³/mol. The van der Waals surface area contributed by atoms with E-state index in [9.17, 15) is 24.0 Å². The highest BCUT2D eigenvalue weighted by atomic mass is 16.5. The van der Waals surface area contributed by atoms with E-state index in [1.165, 1.54) is 0 Å². The Morgan fingerprint density at radius 2 is 0.929 bits per heavy atom. The topological polar surface area (TPSA) is 112 Å². The van der Waals surface area contributed by atoms with E-state index in [2.05, 4.69) is 8.83 Å². The molecule has 0 radical (unpaired) electrons. The highest BCUT2D eigenvalue weighted by Crippen LogP contribution is 1.94. The van der Waals surface area contributed by atoms with Gasteiger partial charge in [-0.1, -0.05) is 0 Å². The number of rotatable bonds is 0. The van der Waals surface area contributed by atoms with Gasteiger partial charge in [0.1, 0.15) is 0 Å². The van der Waals surface area contributed by atoms with E-state index >= 15 is 0 Å². The molecule has 14 heavy (non-hydrogen) atoms. The Kier molecular flexibility index (Phi) is 1.39. The van der Waals surface area contributed by atoms with Crippen molar-refractivity contribution in [3.63, 3.8) is 0 Å². The van der Waals surface area contributed by atoms with Gasteiger partial charge in [-0.25, -0.2) is 9.59 Å². The van der Waals surface area contributed by atoms with Gasteiger partial charge in [-0.05, 0) is 0 Å². The lowest BCUT2D eigenvalue weighted by molar-refractivity contribution is 0.448. The Hall–Kier alpha value is -2.31. The summed E-state index contributed by atoms with van der Waals surface area (Å²) in [5.74, 6) is 0. The van der Waals surface area contributed by atoms with Gasteiger partial charge in [-0.15, -0.1) is 0 Å². The van der Waals surface area contributed by atoms with Crippen molar-refractivity contribution in [1.82, 2.24) is 0 Å². The fourth-order valence-corrected chi connectivity index (χ4v) is 0.970. The zero-order chi connectivity index (χ0) is 10.5. The molecular formula is C7O7. The van der Waals surface area contributed by atoms with E-state index in [1.54, 1.807) is 0 Å². The number of hydrogen-bond acceptors (Lipinski definition) is 7. The molecule has 0 aliphatic carbocycles. The first kappa shape index (κ1) is 8.30. The molecule has 2 aromatic rings. The first-order valence-electron chi connectivity index (χ1n) is 3.34. The second-order valence-corrected chi connectivity index (χ2v) is 2.42. The van der Waals surface area contributed by atoms with Gasteiger partial charge in [0.15, 0.2) is 0 Å². The second kappa shape index (κ2) is 2.34. The Bertz CT molecular complexity index is 701. The third kappa shape index (κ3) is 0.830. The van der Waals surface area contributed by atoms with E-state index in [4.69, 9.17) is 0 Å². The predicted octanol–water partition coefficient (Wildman–Crippen LogP) is -2.30. The summed E-state index contributed by atoms with van der Waals surface area (Å²) in [6, 6.07) is 0. The Morgan fingerprint density at radius 3 is 1.29 bits per heavy atom. The van der Waals surface area contributed by atoms with Crippen molar-refractivity contribution >= 4 is 11.2 Å². The van der Waals surface area contributed by atoms with Crippen LogP contribution in [0.2, 0.25) is 0 Å². The van der Waals surface area contributed by atoms with Gasteiger partial charge in [0.2, 0.25) is 11.2 Å². The van der Waals surface area contributed by atoms with Gasteiger partial charge >= 0.3 is 11.3 Å². The van der Waals surface area contributed by atoms with Crippen molar-refractivity contribution in [2.75, 3.05) is 0 Å². The van der Waals surface area contributed by atoms with Crippen molar-refractivity contribution < 1.29 is 8.83 Å². The summed E-state index contributed by atoms with van der Waals surface area (Å²) in [6.07, 6.45) is 0. The molecule has 1 aromatic carbocycles. The second-order valence-electron chi connectivity index (χ2n) is 2.42. The van der Waals surface area contributed by atoms with Gasteiger partial charge in [-0.3, -0.25) is 14.4 Å². The van der Waals surface area contributed by atoms with Gasteiger partial charge < -0.3 is 8.83 Å². The maximum Gasteiger partial charge on any atom is 0.423 e. The van der Waals surface area contributed by atoms with Crippen molar-refractivity contribution in [2.45, 2.75) is 0 Å². The minimum Gasteiger partial charge on any atom is -0.410 e. The maximum absolute atomic E-state index is 10.9. The van der Waals surface area contributed by atoms with Crippen LogP contribution in [0.1, 0.15) is 0 Å². The summed E-state index contributed by atoms with van der Waals surface area (Å²) in [6.45, 7) is 0. The number of fused-ring (bicyclic) bond motifs is 1. The molecule has 0 N–H and O–H groups in total. The summed E-state index contributed by atoms with van der Waals surface area (Å²) in [5, 5.41) is 0. The molecule has 0 saturated heterocycles. The van der Waals surface area contributed by atoms with Crippen molar-refractivity contribution in [2.24, 2.45) is 0 Å². The van der Waals surface area contributed by atoms with E-state index in [1.807, 2.05) is 0 Å². The fourth-order valence-electron chi connectivity index (χ4n) is 0.970. The third-order valence-electron chi connectivity index (χ3n) is 1.59. The Morgan fingerprint density at radius 1 is 0.571 bits per heavy atom. The summed E-state index contributed by atoms with van der Waals surface area (Å²) in [7, 11) is 0. The maximum atomic E-state index is 10.9. The molecule has 0 amide bonds. The molecule has 0 aliphatic rings. The zero-order valence-corrected chi connectivity index (χ0v) is 6.36. The standard InChI is InChI=1S/C7O7/c8-1-2(9)4-5(3(1)10)14-7(12)6(11)13-4. The molecule has 2 rings (SSSR count). The average Bonchev–Trinajstić information content (AvgIpc) is 2.34. The van der Waals surface area contributed by atoms with E-state index in [-0.39, 0.29) is 0 Å². The van der Waals surface area contributed by atoms with Crippen molar-refractivity contribution in [1.29, 1.82) is 0 Å². The summed E-state index contributed by atoms with van der Waals surface area (Å²) < 4.78 is 8.30. The van der Waals surface area contributed by atoms with Crippen LogP contribution in [0.4, 0.5) is 0 Å². The number of hydrogen-bond donors (Lipinski definition) is 0. The highest BCUT2D eigenvalue weighted by Gasteiger charge is 2.18. The Labute approximate surface area is 72.5 Å². The van der Waals surface area contributed by atoms with Crippen LogP contribution in [0, 0.1) is 0 Å². The van der Waals surface area contributed by atoms with Crippen molar-refractivity contribution in [3.8, 4) is 0 Å². The molecule has 70 valence electrons. The molecule has 0 spiro atoms. The summed E-state index contributed by atoms with van der Waals surface area (Å²) in [4.78, 5) is 53.8. The molecule has 7 nitrogen and oxygen atoms in total. The van der Waals surface area contributed by atoms with Crippen molar-refractivity contribution in [3.05, 3.63) is 51.5 Å². The molecule has 0 unspecified atom stereocenters. The van der Waals surface area contributed by atoms with Gasteiger partial charge in [-0.2, -0.15) is 0 Å². The summed E-state index contributed by atoms with van der Waals surface area (Å²) in [5.41, 5.74) is -8.39. The molecule has 1 aromatic heterocycles. The largest absolute Gasteiger partial charge is 0.423 e. The Balaban J connectivity index is 3.38. The monoisotopic (exact) mass is 196 g/mol. The molecule has 0 aliphatic heterocycles. The quantitative estimate of drug-likeness (QED) is 0.435. The fraction of sp³-hybridized carbons (Fsp3) is 0. The van der Waals surface area contributed by atoms with Crippen LogP contribution < -0.4 is 27.5 Å². The lowest BCUT2D eigenvalue weighted by atomic mass is 10.6. The molecule has 1 heterocycles. The smallest absolute Gasteiger partial charge is 0.410 e. The van der Waals surface area contributed by atoms with Gasteiger partial charge in [0.05, 0.1) is 0 Å². The van der Waals surface area contributed by atoms with Crippen LogP contribution in [-0.2, 0) is 0 Å². The lowest BCUT2D eigenvalue weighted by Crippen LogP contribution is -2.29. The average molecular weight is 196 g/mol. The highest BCUT2D eigenvalue weighted by molar-refractivity contribution is 5.70. The van der Waals surface area contributed by atoms with Gasteiger partial charge in [0, 0.05) is 0 Å². The van der Waals surface area contributed by atoms with E-state index < -0.39 is 38.7 Å². The van der Waals surface area contributed by atoms with Crippen LogP contribution in [0.3, 0.4) is 0 Å². The molecule has 7 heteroatoms. The molecule has 0 atom stereocenters. The molecule has 0 saturated carbocycles. The van der Waals surface area contributed by atoms with Crippen LogP contribution in [0.15, 0.2) is 32.8 Å². The molecule has 0 bridgehead atoms. The summed E-state index contributed by atoms with van der Waals surface area (Å²) >= 11 is 0. The zero-order valence-electron chi connectivity index (χ0n) is 6.36. The van der Waals surface area contributed by atoms with Gasteiger partial charge in [0.25, 0.3) is 16.3 Å². The minimum absolute atomic E-state index is 0.801. The first-order valence-corrected chi connectivity index (χ1v) is 3.34. The van der Waals surface area contributed by atoms with Crippen LogP contribution in [-0.4, -0.2) is 0 Å².